The van der Waals surface area contributed by atoms with Crippen LogP contribution in [0, 0.1) is 0 Å². The lowest BCUT2D eigenvalue weighted by atomic mass is 10.3. The molecule has 0 aliphatic carbocycles. The minimum Gasteiger partial charge on any atom is -0.249 e. The molecule has 86 valence electrons. The molecule has 0 fully saturated rings. The van der Waals surface area contributed by atoms with E-state index in [9.17, 15) is 8.42 Å². The van der Waals surface area contributed by atoms with Gasteiger partial charge in [0.05, 0.1) is 5.69 Å². The van der Waals surface area contributed by atoms with Crippen LogP contribution >= 0.6 is 10.7 Å². The van der Waals surface area contributed by atoms with Crippen molar-refractivity contribution in [2.24, 2.45) is 0 Å². The van der Waals surface area contributed by atoms with Gasteiger partial charge in [-0.15, -0.1) is 5.10 Å². The smallest absolute Gasteiger partial charge is 0.238 e. The van der Waals surface area contributed by atoms with Crippen LogP contribution in [0.1, 0.15) is 31.7 Å². The number of aryl methyl sites for hydroxylation is 1. The largest absolute Gasteiger partial charge is 0.249 e. The first-order chi connectivity index (χ1) is 6.98. The van der Waals surface area contributed by atoms with Crippen molar-refractivity contribution in [1.82, 2.24) is 15.0 Å². The Hall–Kier alpha value is -0.620. The Bertz CT molecular complexity index is 427. The number of aromatic nitrogens is 3. The summed E-state index contributed by atoms with van der Waals surface area (Å²) < 4.78 is 23.6. The molecule has 0 spiro atoms. The molecule has 1 heterocycles. The summed E-state index contributed by atoms with van der Waals surface area (Å²) >= 11 is 0. The van der Waals surface area contributed by atoms with Crippen LogP contribution in [0.25, 0.3) is 0 Å². The second-order valence-corrected chi connectivity index (χ2v) is 6.02. The Morgan fingerprint density at radius 2 is 2.07 bits per heavy atom. The Balaban J connectivity index is 2.99. The SMILES string of the molecule is CCCn1nnc(CS(=O)(=O)Cl)c1CC. The van der Waals surface area contributed by atoms with Gasteiger partial charge in [0.2, 0.25) is 9.05 Å². The van der Waals surface area contributed by atoms with Crippen molar-refractivity contribution in [3.8, 4) is 0 Å². The van der Waals surface area contributed by atoms with Crippen LogP contribution in [-0.4, -0.2) is 23.4 Å². The molecule has 0 bridgehead atoms. The molecule has 1 aromatic heterocycles. The second-order valence-electron chi connectivity index (χ2n) is 3.24. The van der Waals surface area contributed by atoms with Gasteiger partial charge in [0.1, 0.15) is 11.4 Å². The Morgan fingerprint density at radius 1 is 1.40 bits per heavy atom. The van der Waals surface area contributed by atoms with Gasteiger partial charge in [0, 0.05) is 17.2 Å². The molecule has 0 radical (unpaired) electrons. The molecule has 0 saturated carbocycles. The van der Waals surface area contributed by atoms with E-state index in [0.29, 0.717) is 12.1 Å². The number of hydrogen-bond donors (Lipinski definition) is 0. The summed E-state index contributed by atoms with van der Waals surface area (Å²) in [5, 5.41) is 7.74. The maximum Gasteiger partial charge on any atom is 0.238 e. The fraction of sp³-hybridized carbons (Fsp3) is 0.750. The third-order valence-electron chi connectivity index (χ3n) is 2.00. The Morgan fingerprint density at radius 3 is 2.53 bits per heavy atom. The first-order valence-electron chi connectivity index (χ1n) is 4.81. The molecule has 1 rings (SSSR count). The van der Waals surface area contributed by atoms with Crippen molar-refractivity contribution in [3.05, 3.63) is 11.4 Å². The maximum absolute atomic E-state index is 10.9. The van der Waals surface area contributed by atoms with Gasteiger partial charge >= 0.3 is 0 Å². The van der Waals surface area contributed by atoms with E-state index in [-0.39, 0.29) is 5.75 Å². The monoisotopic (exact) mass is 251 g/mol. The number of hydrogen-bond acceptors (Lipinski definition) is 4. The van der Waals surface area contributed by atoms with E-state index >= 15 is 0 Å². The summed E-state index contributed by atoms with van der Waals surface area (Å²) in [6.45, 7) is 4.72. The van der Waals surface area contributed by atoms with Gasteiger partial charge in [-0.05, 0) is 12.8 Å². The van der Waals surface area contributed by atoms with E-state index in [0.717, 1.165) is 18.7 Å². The molecule has 0 unspecified atom stereocenters. The van der Waals surface area contributed by atoms with E-state index in [4.69, 9.17) is 10.7 Å². The molecule has 0 amide bonds. The van der Waals surface area contributed by atoms with Gasteiger partial charge in [-0.2, -0.15) is 0 Å². The Kier molecular flexibility index (Phi) is 4.10. The van der Waals surface area contributed by atoms with Crippen LogP contribution in [-0.2, 0) is 27.8 Å². The fourth-order valence-corrected chi connectivity index (χ4v) is 2.28. The van der Waals surface area contributed by atoms with E-state index in [2.05, 4.69) is 10.3 Å². The van der Waals surface area contributed by atoms with Crippen molar-refractivity contribution in [3.63, 3.8) is 0 Å². The molecule has 0 aromatic carbocycles. The average Bonchev–Trinajstić information content (AvgIpc) is 2.45. The standard InChI is InChI=1S/C8H14ClN3O2S/c1-3-5-12-8(4-2)7(10-11-12)6-15(9,13)14/h3-6H2,1-2H3. The first kappa shape index (κ1) is 12.4. The number of halogens is 1. The lowest BCUT2D eigenvalue weighted by Crippen LogP contribution is -2.06. The van der Waals surface area contributed by atoms with Crippen molar-refractivity contribution in [1.29, 1.82) is 0 Å². The number of rotatable bonds is 5. The molecule has 0 saturated heterocycles. The van der Waals surface area contributed by atoms with Gasteiger partial charge in [-0.3, -0.25) is 0 Å². The minimum atomic E-state index is -3.55. The third kappa shape index (κ3) is 3.46. The number of nitrogens with zero attached hydrogens (tertiary/aromatic N) is 3. The van der Waals surface area contributed by atoms with Gasteiger partial charge in [-0.1, -0.05) is 19.1 Å². The van der Waals surface area contributed by atoms with E-state index < -0.39 is 9.05 Å². The summed E-state index contributed by atoms with van der Waals surface area (Å²) in [6, 6.07) is 0. The second kappa shape index (κ2) is 4.94. The van der Waals surface area contributed by atoms with Crippen molar-refractivity contribution in [2.45, 2.75) is 39.0 Å². The topological polar surface area (TPSA) is 64.8 Å². The highest BCUT2D eigenvalue weighted by Crippen LogP contribution is 2.13. The highest BCUT2D eigenvalue weighted by atomic mass is 35.7. The molecule has 1 aromatic rings. The summed E-state index contributed by atoms with van der Waals surface area (Å²) in [4.78, 5) is 0. The van der Waals surface area contributed by atoms with Crippen LogP contribution in [0.15, 0.2) is 0 Å². The fourth-order valence-electron chi connectivity index (χ4n) is 1.42. The highest BCUT2D eigenvalue weighted by molar-refractivity contribution is 8.13. The molecular formula is C8H14ClN3O2S. The van der Waals surface area contributed by atoms with Gasteiger partial charge in [0.15, 0.2) is 0 Å². The molecular weight excluding hydrogens is 238 g/mol. The molecule has 15 heavy (non-hydrogen) atoms. The summed E-state index contributed by atoms with van der Waals surface area (Å²) in [6.07, 6.45) is 1.64. The first-order valence-corrected chi connectivity index (χ1v) is 7.29. The van der Waals surface area contributed by atoms with Gasteiger partial charge in [0.25, 0.3) is 0 Å². The van der Waals surface area contributed by atoms with E-state index in [1.54, 1.807) is 4.68 Å². The average molecular weight is 252 g/mol. The summed E-state index contributed by atoms with van der Waals surface area (Å²) in [5.41, 5.74) is 1.31. The highest BCUT2D eigenvalue weighted by Gasteiger charge is 2.16. The van der Waals surface area contributed by atoms with Gasteiger partial charge in [-0.25, -0.2) is 13.1 Å². The molecule has 5 nitrogen and oxygen atoms in total. The zero-order valence-electron chi connectivity index (χ0n) is 8.77. The van der Waals surface area contributed by atoms with Crippen LogP contribution in [0.3, 0.4) is 0 Å². The molecule has 0 atom stereocenters. The lowest BCUT2D eigenvalue weighted by Gasteiger charge is -2.02. The van der Waals surface area contributed by atoms with Gasteiger partial charge < -0.3 is 0 Å². The van der Waals surface area contributed by atoms with Crippen LogP contribution in [0.2, 0.25) is 0 Å². The van der Waals surface area contributed by atoms with Crippen LogP contribution in [0.5, 0.6) is 0 Å². The lowest BCUT2D eigenvalue weighted by molar-refractivity contribution is 0.558. The van der Waals surface area contributed by atoms with Crippen molar-refractivity contribution in [2.75, 3.05) is 0 Å². The molecule has 0 N–H and O–H groups in total. The zero-order valence-corrected chi connectivity index (χ0v) is 10.3. The van der Waals surface area contributed by atoms with Crippen molar-refractivity contribution < 1.29 is 8.42 Å². The zero-order chi connectivity index (χ0) is 11.5. The maximum atomic E-state index is 10.9. The predicted molar refractivity (Wildman–Crippen MR) is 58.2 cm³/mol. The predicted octanol–water partition coefficient (Wildman–Crippen LogP) is 1.32. The normalized spacial score (nSPS) is 11.9. The molecule has 7 heteroatoms. The van der Waals surface area contributed by atoms with E-state index in [1.165, 1.54) is 0 Å². The minimum absolute atomic E-state index is 0.249. The van der Waals surface area contributed by atoms with Crippen molar-refractivity contribution >= 4 is 19.7 Å². The molecule has 0 aliphatic heterocycles. The molecule has 0 aliphatic rings. The quantitative estimate of drug-likeness (QED) is 0.741. The Labute approximate surface area is 93.8 Å². The third-order valence-corrected chi connectivity index (χ3v) is 2.94. The van der Waals surface area contributed by atoms with Crippen LogP contribution < -0.4 is 0 Å². The summed E-state index contributed by atoms with van der Waals surface area (Å²) in [7, 11) is 1.62. The van der Waals surface area contributed by atoms with E-state index in [1.807, 2.05) is 13.8 Å². The summed E-state index contributed by atoms with van der Waals surface area (Å²) in [5.74, 6) is -0.249. The van der Waals surface area contributed by atoms with Crippen LogP contribution in [0.4, 0.5) is 0 Å².